The van der Waals surface area contributed by atoms with Crippen molar-refractivity contribution in [1.29, 1.82) is 0 Å². The molecule has 21 heterocycles. The van der Waals surface area contributed by atoms with Gasteiger partial charge in [-0.05, 0) is 0 Å². The Balaban J connectivity index is 0.0000157. The van der Waals surface area contributed by atoms with Crippen molar-refractivity contribution in [3.63, 3.8) is 0 Å². The van der Waals surface area contributed by atoms with E-state index >= 15 is 0 Å². The smallest absolute Gasteiger partial charge is 0.548 e. The van der Waals surface area contributed by atoms with E-state index in [1.54, 1.807) is 0 Å². The van der Waals surface area contributed by atoms with E-state index < -0.39 is 349 Å². The minimum absolute atomic E-state index is 0. The number of rotatable bonds is 28. The van der Waals surface area contributed by atoms with Gasteiger partial charge < -0.3 is 212 Å². The number of carboxylic acid groups (broad SMARTS) is 7. The molecule has 21 rings (SSSR count). The van der Waals surface area contributed by atoms with Crippen molar-refractivity contribution in [1.82, 2.24) is 0 Å². The fraction of sp³-hybridized carbons (Fsp3) is 0.875. The van der Waals surface area contributed by atoms with E-state index in [9.17, 15) is 141 Å². The summed E-state index contributed by atoms with van der Waals surface area (Å²) < 4.78 is 119. The fourth-order valence-electron chi connectivity index (χ4n) is 12.2. The molecular formula is C56H83NaO49. The van der Waals surface area contributed by atoms with Crippen LogP contribution in [0.4, 0.5) is 0 Å². The van der Waals surface area contributed by atoms with E-state index in [2.05, 4.69) is 0 Å². The van der Waals surface area contributed by atoms with Crippen molar-refractivity contribution in [2.24, 2.45) is 0 Å². The number of hydrogen-bond acceptors (Lipinski definition) is 43. The normalized spacial score (nSPS) is 43.1. The molecule has 20 N–H and O–H groups in total. The molecule has 49 nitrogen and oxygen atoms in total. The zero-order valence-corrected chi connectivity index (χ0v) is 57.4. The first-order valence-electron chi connectivity index (χ1n) is 31.9. The van der Waals surface area contributed by atoms with Crippen molar-refractivity contribution in [2.75, 3.05) is 92.5 Å². The van der Waals surface area contributed by atoms with Crippen LogP contribution in [0.25, 0.3) is 0 Å². The summed E-state index contributed by atoms with van der Waals surface area (Å²) in [7, 11) is 0. The Kier molecular flexibility index (Phi) is 34.4. The Labute approximate surface area is 616 Å². The minimum atomic E-state index is -2.48. The molecule has 0 radical (unpaired) electrons. The minimum Gasteiger partial charge on any atom is -0.548 e. The number of aliphatic hydroxyl groups excluding tert-OH is 14. The van der Waals surface area contributed by atoms with Gasteiger partial charge in [0.2, 0.25) is 0 Å². The Bertz CT molecular complexity index is 2310. The van der Waals surface area contributed by atoms with Crippen molar-refractivity contribution >= 4 is 41.8 Å². The molecular weight excluding hydrogens is 1480 g/mol. The van der Waals surface area contributed by atoms with Crippen molar-refractivity contribution in [3.05, 3.63) is 0 Å². The van der Waals surface area contributed by atoms with E-state index in [4.69, 9.17) is 99.5 Å². The number of aliphatic hydroxyl groups is 14. The standard InChI is InChI=1S/C56H84O49.Na/c57-22(58)8-85-1-15-43-29(71)36(78)50(92-15)100-44-16(2-86-9-23(59)60)94-52(38(80)31(44)73)102-46-18(4-88-11-25(63)64)96-54(40(82)33(46)75)104-48-20(6-90-13-27(67)68)98-56(42(84)35(48)77)105-49-21(7-91-14-28(69)70)97-55(41(83)34(49)76)103-47-19(5-89-12-26(65)66)95-53(39(81)32(47)74)101-45-17(3-87-10-24(61)62)93-51(99-43)37(79)30(45)72;/h15-21,29-56,71-84H,1-14H2,(H,57,58)(H,59,60)(H,61,62)(H,63,64)(H,65,66)(H,67,68)(H,69,70);/q;+1/p-1/t15-,16-,17-,18-,19-,20-,21-,29-,30?,31?,32-,33?,34?,35?,36-,37-,38?,39-,40-,41-,42-,43-,44-,45-,46-,47-,48-,49-,50-,51-,52-,53-,54-,55-,56-;/m1./s1. The number of carbonyl (C=O) groups excluding carboxylic acids is 1. The number of aliphatic carboxylic acids is 7. The van der Waals surface area contributed by atoms with E-state index in [1.807, 2.05) is 0 Å². The molecule has 0 aromatic rings. The molecule has 0 amide bonds. The van der Waals surface area contributed by atoms with Gasteiger partial charge in [0.15, 0.2) is 44.0 Å². The summed E-state index contributed by atoms with van der Waals surface area (Å²) in [6, 6.07) is 0. The number of hydrogen-bond donors (Lipinski definition) is 20. The van der Waals surface area contributed by atoms with Crippen LogP contribution in [0.2, 0.25) is 0 Å². The van der Waals surface area contributed by atoms with Crippen LogP contribution in [0.1, 0.15) is 0 Å². The maximum atomic E-state index is 11.9. The van der Waals surface area contributed by atoms with Gasteiger partial charge in [-0.25, -0.2) is 28.8 Å². The third kappa shape index (κ3) is 23.0. The topological polar surface area (TPSA) is 741 Å². The quantitative estimate of drug-likeness (QED) is 0.0324. The van der Waals surface area contributed by atoms with Crippen LogP contribution < -0.4 is 34.7 Å². The molecule has 21 fully saturated rings. The number of ether oxygens (including phenoxy) is 21. The summed E-state index contributed by atoms with van der Waals surface area (Å²) in [6.45, 7) is -14.9. The van der Waals surface area contributed by atoms with E-state index in [1.165, 1.54) is 0 Å². The van der Waals surface area contributed by atoms with Crippen LogP contribution in [0.15, 0.2) is 0 Å². The number of carboxylic acids is 7. The van der Waals surface area contributed by atoms with Gasteiger partial charge in [-0.2, -0.15) is 0 Å². The molecule has 50 heteroatoms. The molecule has 21 aliphatic rings. The van der Waals surface area contributed by atoms with Crippen LogP contribution >= 0.6 is 0 Å². The molecule has 35 atom stereocenters. The predicted molar refractivity (Wildman–Crippen MR) is 305 cm³/mol. The summed E-state index contributed by atoms with van der Waals surface area (Å²) >= 11 is 0. The summed E-state index contributed by atoms with van der Waals surface area (Å²) in [4.78, 5) is 81.7. The van der Waals surface area contributed by atoms with E-state index in [-0.39, 0.29) is 29.6 Å². The van der Waals surface area contributed by atoms with Crippen LogP contribution in [-0.4, -0.2) is 451 Å². The van der Waals surface area contributed by atoms with E-state index in [0.717, 1.165) is 0 Å². The molecule has 21 saturated heterocycles. The SMILES string of the molecule is O=C([O-])COC[C@H]1O[C@@H]2O[C@H]3[C@H](O)[C@@H](O)[C@H](O[C@@H]3COCC(=O)O)O[C@H]3C(O)[C@@H](O)[C@@H](O[C@H]4[C@H](O)[C@@H](O)[C@H](O[C@@H]4COCC(=O)O)O[C@H]4C(O)C(O)[C@H](O[C@@H]4COCC(=O)O)O[C@H]4C(O)[C@@H](O)[C@H](O[C@@H]4COCC(=O)O)O[C@H]4C(O)[C@@H](O)[C@H](O[C@@H]4COCC(=O)O)O[C@H]1C(O)[C@H]2O)O[C@@H]3COCC(=O)O.[Na+]. The molecule has 6 unspecified atom stereocenters. The first-order chi connectivity index (χ1) is 49.6. The van der Waals surface area contributed by atoms with Crippen LogP contribution in [0.3, 0.4) is 0 Å². The van der Waals surface area contributed by atoms with Gasteiger partial charge in [0, 0.05) is 0 Å². The fourth-order valence-corrected chi connectivity index (χ4v) is 12.2. The molecule has 0 saturated carbocycles. The van der Waals surface area contributed by atoms with Gasteiger partial charge in [0.25, 0.3) is 0 Å². The summed E-state index contributed by atoms with van der Waals surface area (Å²) in [6.07, 6.45) is -79.5. The van der Waals surface area contributed by atoms with Gasteiger partial charge in [-0.3, -0.25) is 0 Å². The number of carbonyl (C=O) groups is 7. The third-order valence-electron chi connectivity index (χ3n) is 17.1. The van der Waals surface area contributed by atoms with E-state index in [0.29, 0.717) is 0 Å². The summed E-state index contributed by atoms with van der Waals surface area (Å²) in [5.74, 6) is -11.5. The Morgan fingerprint density at radius 1 is 0.217 bits per heavy atom. The molecule has 106 heavy (non-hydrogen) atoms. The van der Waals surface area contributed by atoms with Gasteiger partial charge >= 0.3 is 65.4 Å². The Hall–Kier alpha value is -4.11. The first-order valence-corrected chi connectivity index (χ1v) is 31.9. The molecule has 602 valence electrons. The second-order valence-corrected chi connectivity index (χ2v) is 24.7. The van der Waals surface area contributed by atoms with Crippen molar-refractivity contribution in [3.8, 4) is 0 Å². The Morgan fingerprint density at radius 3 is 0.453 bits per heavy atom. The average Bonchev–Trinajstić information content (AvgIpc) is 0.777. The van der Waals surface area contributed by atoms with Crippen molar-refractivity contribution in [2.45, 2.75) is 215 Å². The van der Waals surface area contributed by atoms with Crippen molar-refractivity contribution < 1.29 is 270 Å². The predicted octanol–water partition coefficient (Wildman–Crippen LogP) is -18.8. The van der Waals surface area contributed by atoms with Gasteiger partial charge in [0.05, 0.1) is 58.8 Å². The zero-order chi connectivity index (χ0) is 77.0. The zero-order valence-electron chi connectivity index (χ0n) is 55.4. The van der Waals surface area contributed by atoms with Gasteiger partial charge in [0.1, 0.15) is 211 Å². The molecule has 0 aliphatic carbocycles. The van der Waals surface area contributed by atoms with Crippen LogP contribution in [0, 0.1) is 0 Å². The molecule has 0 aromatic heterocycles. The Morgan fingerprint density at radius 2 is 0.340 bits per heavy atom. The van der Waals surface area contributed by atoms with Crippen LogP contribution in [-0.2, 0) is 133 Å². The third-order valence-corrected chi connectivity index (χ3v) is 17.1. The molecule has 0 spiro atoms. The summed E-state index contributed by atoms with van der Waals surface area (Å²) in [5.41, 5.74) is 0. The largest absolute Gasteiger partial charge is 1.00 e. The molecule has 21 aliphatic heterocycles. The first kappa shape index (κ1) is 89.1. The molecule has 14 bridgehead atoms. The average molecular weight is 1560 g/mol. The second kappa shape index (κ2) is 40.9. The van der Waals surface area contributed by atoms with Gasteiger partial charge in [-0.15, -0.1) is 0 Å². The maximum absolute atomic E-state index is 11.9. The summed E-state index contributed by atoms with van der Waals surface area (Å²) in [5, 5.41) is 234. The molecule has 0 aromatic carbocycles. The second-order valence-electron chi connectivity index (χ2n) is 24.7. The van der Waals surface area contributed by atoms with Gasteiger partial charge in [-0.1, -0.05) is 0 Å². The van der Waals surface area contributed by atoms with Crippen LogP contribution in [0.5, 0.6) is 0 Å². The monoisotopic (exact) mass is 1560 g/mol. The maximum Gasteiger partial charge on any atom is 1.00 e.